The molecule has 0 aliphatic carbocycles. The molecular formula is C37H21N3O. The summed E-state index contributed by atoms with van der Waals surface area (Å²) in [6.45, 7) is 0. The SMILES string of the molecule is c1ccc(-c2nc(-c3nc4ccccc4c4c5ccccc5c5oc6ccccc6c5c34)nc3ccccc23)cc1. The van der Waals surface area contributed by atoms with Crippen LogP contribution in [0.25, 0.3) is 88.1 Å². The second-order valence-corrected chi connectivity index (χ2v) is 10.4. The van der Waals surface area contributed by atoms with Crippen molar-refractivity contribution in [2.24, 2.45) is 0 Å². The Kier molecular flexibility index (Phi) is 4.58. The van der Waals surface area contributed by atoms with E-state index in [1.165, 1.54) is 0 Å². The minimum atomic E-state index is 0.597. The fourth-order valence-electron chi connectivity index (χ4n) is 6.28. The van der Waals surface area contributed by atoms with Crippen LogP contribution < -0.4 is 0 Å². The van der Waals surface area contributed by atoms with Crippen molar-refractivity contribution < 1.29 is 4.42 Å². The molecule has 4 heteroatoms. The quantitative estimate of drug-likeness (QED) is 0.212. The topological polar surface area (TPSA) is 51.8 Å². The number of benzene rings is 6. The molecule has 0 bridgehead atoms. The van der Waals surface area contributed by atoms with Gasteiger partial charge in [-0.2, -0.15) is 0 Å². The lowest BCUT2D eigenvalue weighted by Crippen LogP contribution is -1.99. The van der Waals surface area contributed by atoms with Gasteiger partial charge in [0.25, 0.3) is 0 Å². The number of para-hydroxylation sites is 3. The summed E-state index contributed by atoms with van der Waals surface area (Å²) in [5.74, 6) is 0.597. The number of furan rings is 1. The van der Waals surface area contributed by atoms with Gasteiger partial charge in [0.15, 0.2) is 5.82 Å². The minimum absolute atomic E-state index is 0.597. The molecule has 0 unspecified atom stereocenters. The van der Waals surface area contributed by atoms with Gasteiger partial charge in [0.2, 0.25) is 0 Å². The highest BCUT2D eigenvalue weighted by atomic mass is 16.3. The summed E-state index contributed by atoms with van der Waals surface area (Å²) in [6.07, 6.45) is 0. The molecule has 6 aromatic carbocycles. The van der Waals surface area contributed by atoms with Crippen molar-refractivity contribution >= 4 is 65.3 Å². The van der Waals surface area contributed by atoms with Crippen molar-refractivity contribution in [1.29, 1.82) is 0 Å². The third kappa shape index (κ3) is 3.19. The third-order valence-corrected chi connectivity index (χ3v) is 8.04. The molecule has 0 amide bonds. The normalized spacial score (nSPS) is 11.9. The standard InChI is InChI=1S/C37H21N3O/c1-2-12-22(13-3-1)34-26-17-7-10-20-29(26)39-37(40-34)35-33-31(25-16-6-9-19-28(25)38-35)23-14-4-5-15-24(23)36-32(33)27-18-8-11-21-30(27)41-36/h1-21H. The van der Waals surface area contributed by atoms with Gasteiger partial charge in [0, 0.05) is 43.3 Å². The van der Waals surface area contributed by atoms with Gasteiger partial charge in [-0.15, -0.1) is 0 Å². The fourth-order valence-corrected chi connectivity index (χ4v) is 6.28. The Hall–Kier alpha value is -5.61. The van der Waals surface area contributed by atoms with Crippen LogP contribution in [-0.4, -0.2) is 15.0 Å². The molecule has 190 valence electrons. The highest BCUT2D eigenvalue weighted by Crippen LogP contribution is 2.46. The molecule has 41 heavy (non-hydrogen) atoms. The van der Waals surface area contributed by atoms with E-state index in [1.54, 1.807) is 0 Å². The highest BCUT2D eigenvalue weighted by molar-refractivity contribution is 6.36. The third-order valence-electron chi connectivity index (χ3n) is 8.04. The molecule has 0 fully saturated rings. The first kappa shape index (κ1) is 22.2. The summed E-state index contributed by atoms with van der Waals surface area (Å²) in [5.41, 5.74) is 6.19. The Balaban J connectivity index is 1.55. The minimum Gasteiger partial charge on any atom is -0.455 e. The highest BCUT2D eigenvalue weighted by Gasteiger charge is 2.23. The predicted molar refractivity (Wildman–Crippen MR) is 168 cm³/mol. The van der Waals surface area contributed by atoms with Gasteiger partial charge < -0.3 is 4.42 Å². The van der Waals surface area contributed by atoms with Gasteiger partial charge in [-0.1, -0.05) is 109 Å². The van der Waals surface area contributed by atoms with Crippen LogP contribution >= 0.6 is 0 Å². The Morgan fingerprint density at radius 1 is 0.390 bits per heavy atom. The maximum absolute atomic E-state index is 6.57. The number of aromatic nitrogens is 3. The molecule has 4 nitrogen and oxygen atoms in total. The van der Waals surface area contributed by atoms with Crippen molar-refractivity contribution in [3.8, 4) is 22.8 Å². The zero-order valence-electron chi connectivity index (χ0n) is 21.9. The predicted octanol–water partition coefficient (Wildman–Crippen LogP) is 9.72. The fraction of sp³-hybridized carbons (Fsp3) is 0. The summed E-state index contributed by atoms with van der Waals surface area (Å²) in [5, 5.41) is 8.56. The zero-order valence-corrected chi connectivity index (χ0v) is 21.9. The Bertz CT molecular complexity index is 2480. The number of nitrogens with zero attached hydrogens (tertiary/aromatic N) is 3. The van der Waals surface area contributed by atoms with E-state index in [9.17, 15) is 0 Å². The molecule has 9 rings (SSSR count). The molecule has 3 heterocycles. The van der Waals surface area contributed by atoms with Crippen LogP contribution in [0, 0.1) is 0 Å². The molecule has 0 atom stereocenters. The van der Waals surface area contributed by atoms with Crippen LogP contribution in [0.4, 0.5) is 0 Å². The Morgan fingerprint density at radius 2 is 1.00 bits per heavy atom. The van der Waals surface area contributed by atoms with E-state index in [-0.39, 0.29) is 0 Å². The molecular weight excluding hydrogens is 502 g/mol. The molecule has 0 saturated heterocycles. The van der Waals surface area contributed by atoms with E-state index >= 15 is 0 Å². The van der Waals surface area contributed by atoms with Gasteiger partial charge in [-0.3, -0.25) is 0 Å². The second kappa shape index (κ2) is 8.44. The Morgan fingerprint density at radius 3 is 1.80 bits per heavy atom. The van der Waals surface area contributed by atoms with Crippen LogP contribution in [0.1, 0.15) is 0 Å². The van der Waals surface area contributed by atoms with Gasteiger partial charge >= 0.3 is 0 Å². The number of rotatable bonds is 2. The maximum Gasteiger partial charge on any atom is 0.180 e. The van der Waals surface area contributed by atoms with Gasteiger partial charge in [0.1, 0.15) is 16.9 Å². The van der Waals surface area contributed by atoms with Crippen molar-refractivity contribution in [3.05, 3.63) is 127 Å². The smallest absolute Gasteiger partial charge is 0.180 e. The number of fused-ring (bicyclic) bond motifs is 11. The lowest BCUT2D eigenvalue weighted by molar-refractivity contribution is 0.673. The first-order valence-electron chi connectivity index (χ1n) is 13.7. The summed E-state index contributed by atoms with van der Waals surface area (Å²) < 4.78 is 6.57. The zero-order chi connectivity index (χ0) is 26.9. The molecule has 0 saturated carbocycles. The molecule has 0 spiro atoms. The number of pyridine rings is 1. The summed E-state index contributed by atoms with van der Waals surface area (Å²) >= 11 is 0. The van der Waals surface area contributed by atoms with Gasteiger partial charge in [0.05, 0.1) is 16.7 Å². The molecule has 3 aromatic heterocycles. The second-order valence-electron chi connectivity index (χ2n) is 10.4. The Labute approximate surface area is 234 Å². The average Bonchev–Trinajstić information content (AvgIpc) is 3.44. The van der Waals surface area contributed by atoms with E-state index < -0.39 is 0 Å². The van der Waals surface area contributed by atoms with Crippen molar-refractivity contribution in [2.75, 3.05) is 0 Å². The van der Waals surface area contributed by atoms with E-state index in [4.69, 9.17) is 19.4 Å². The molecule has 0 aliphatic rings. The van der Waals surface area contributed by atoms with Crippen LogP contribution in [0.15, 0.2) is 132 Å². The monoisotopic (exact) mass is 523 g/mol. The van der Waals surface area contributed by atoms with Crippen LogP contribution in [-0.2, 0) is 0 Å². The van der Waals surface area contributed by atoms with E-state index in [0.717, 1.165) is 82.2 Å². The van der Waals surface area contributed by atoms with Gasteiger partial charge in [-0.25, -0.2) is 15.0 Å². The summed E-state index contributed by atoms with van der Waals surface area (Å²) in [6, 6.07) is 43.6. The molecule has 9 aromatic rings. The van der Waals surface area contributed by atoms with Crippen LogP contribution in [0.3, 0.4) is 0 Å². The van der Waals surface area contributed by atoms with Crippen molar-refractivity contribution in [1.82, 2.24) is 15.0 Å². The number of hydrogen-bond donors (Lipinski definition) is 0. The van der Waals surface area contributed by atoms with Gasteiger partial charge in [-0.05, 0) is 23.6 Å². The first-order valence-corrected chi connectivity index (χ1v) is 13.7. The van der Waals surface area contributed by atoms with E-state index in [1.807, 2.05) is 48.5 Å². The van der Waals surface area contributed by atoms with E-state index in [2.05, 4.69) is 78.9 Å². The van der Waals surface area contributed by atoms with Crippen molar-refractivity contribution in [2.45, 2.75) is 0 Å². The first-order chi connectivity index (χ1) is 20.3. The molecule has 0 aliphatic heterocycles. The summed E-state index contributed by atoms with van der Waals surface area (Å²) in [4.78, 5) is 15.7. The molecule has 0 N–H and O–H groups in total. The number of hydrogen-bond acceptors (Lipinski definition) is 4. The lowest BCUT2D eigenvalue weighted by Gasteiger charge is -2.15. The average molecular weight is 524 g/mol. The lowest BCUT2D eigenvalue weighted by atomic mass is 9.93. The van der Waals surface area contributed by atoms with Crippen molar-refractivity contribution in [3.63, 3.8) is 0 Å². The molecule has 0 radical (unpaired) electrons. The van der Waals surface area contributed by atoms with E-state index in [0.29, 0.717) is 5.82 Å². The van der Waals surface area contributed by atoms with Crippen LogP contribution in [0.2, 0.25) is 0 Å². The van der Waals surface area contributed by atoms with Crippen LogP contribution in [0.5, 0.6) is 0 Å². The summed E-state index contributed by atoms with van der Waals surface area (Å²) in [7, 11) is 0. The maximum atomic E-state index is 6.57. The largest absolute Gasteiger partial charge is 0.455 e.